The van der Waals surface area contributed by atoms with Crippen molar-refractivity contribution in [3.8, 4) is 5.75 Å². The van der Waals surface area contributed by atoms with Crippen molar-refractivity contribution < 1.29 is 9.13 Å². The topological polar surface area (TPSA) is 24.5 Å². The molecule has 0 spiro atoms. The van der Waals surface area contributed by atoms with E-state index in [0.717, 1.165) is 26.2 Å². The minimum atomic E-state index is -0.287. The molecule has 1 unspecified atom stereocenters. The predicted molar refractivity (Wildman–Crippen MR) is 75.0 cm³/mol. The molecule has 1 N–H and O–H groups in total. The van der Waals surface area contributed by atoms with E-state index in [-0.39, 0.29) is 5.82 Å². The van der Waals surface area contributed by atoms with Gasteiger partial charge >= 0.3 is 0 Å². The van der Waals surface area contributed by atoms with E-state index < -0.39 is 0 Å². The minimum absolute atomic E-state index is 0.287. The van der Waals surface area contributed by atoms with Crippen molar-refractivity contribution in [1.29, 1.82) is 0 Å². The highest BCUT2D eigenvalue weighted by Crippen LogP contribution is 2.15. The monoisotopic (exact) mass is 266 g/mol. The smallest absolute Gasteiger partial charge is 0.165 e. The SMILES string of the molecule is CCN(CCOc1ccccc1F)C1CCCNC1. The number of nitrogens with one attached hydrogen (secondary N) is 1. The van der Waals surface area contributed by atoms with Crippen LogP contribution in [-0.4, -0.2) is 43.7 Å². The zero-order chi connectivity index (χ0) is 13.5. The maximum absolute atomic E-state index is 13.4. The number of halogens is 1. The Morgan fingerprint density at radius 3 is 2.95 bits per heavy atom. The standard InChI is InChI=1S/C15H23FN2O/c1-2-18(13-6-5-9-17-12-13)10-11-19-15-8-4-3-7-14(15)16/h3-4,7-8,13,17H,2,5-6,9-12H2,1H3. The Bertz CT molecular complexity index is 380. The Morgan fingerprint density at radius 2 is 2.26 bits per heavy atom. The van der Waals surface area contributed by atoms with Gasteiger partial charge in [0.15, 0.2) is 11.6 Å². The second kappa shape index (κ2) is 7.46. The Kier molecular flexibility index (Phi) is 5.61. The summed E-state index contributed by atoms with van der Waals surface area (Å²) in [7, 11) is 0. The van der Waals surface area contributed by atoms with Crippen molar-refractivity contribution in [2.24, 2.45) is 0 Å². The lowest BCUT2D eigenvalue weighted by Gasteiger charge is -2.33. The fraction of sp³-hybridized carbons (Fsp3) is 0.600. The first kappa shape index (κ1) is 14.3. The van der Waals surface area contributed by atoms with Gasteiger partial charge in [-0.3, -0.25) is 4.90 Å². The highest BCUT2D eigenvalue weighted by Gasteiger charge is 2.19. The van der Waals surface area contributed by atoms with E-state index in [0.29, 0.717) is 18.4 Å². The van der Waals surface area contributed by atoms with Crippen molar-refractivity contribution in [2.45, 2.75) is 25.8 Å². The van der Waals surface area contributed by atoms with Gasteiger partial charge in [-0.05, 0) is 38.1 Å². The molecule has 19 heavy (non-hydrogen) atoms. The molecule has 0 radical (unpaired) electrons. The number of ether oxygens (including phenoxy) is 1. The van der Waals surface area contributed by atoms with Crippen LogP contribution in [0.25, 0.3) is 0 Å². The highest BCUT2D eigenvalue weighted by atomic mass is 19.1. The number of piperidine rings is 1. The molecule has 4 heteroatoms. The molecule has 1 fully saturated rings. The van der Waals surface area contributed by atoms with Crippen molar-refractivity contribution in [2.75, 3.05) is 32.8 Å². The van der Waals surface area contributed by atoms with Crippen LogP contribution in [0, 0.1) is 5.82 Å². The first-order valence-corrected chi connectivity index (χ1v) is 7.13. The summed E-state index contributed by atoms with van der Waals surface area (Å²) in [6, 6.07) is 7.16. The molecule has 1 aromatic carbocycles. The van der Waals surface area contributed by atoms with Crippen LogP contribution in [0.2, 0.25) is 0 Å². The lowest BCUT2D eigenvalue weighted by Crippen LogP contribution is -2.47. The average molecular weight is 266 g/mol. The van der Waals surface area contributed by atoms with Crippen molar-refractivity contribution >= 4 is 0 Å². The Morgan fingerprint density at radius 1 is 1.42 bits per heavy atom. The van der Waals surface area contributed by atoms with Crippen LogP contribution in [0.5, 0.6) is 5.75 Å². The minimum Gasteiger partial charge on any atom is -0.489 e. The molecule has 0 saturated carbocycles. The number of para-hydroxylation sites is 1. The van der Waals surface area contributed by atoms with Gasteiger partial charge in [-0.15, -0.1) is 0 Å². The van der Waals surface area contributed by atoms with Crippen molar-refractivity contribution in [3.63, 3.8) is 0 Å². The fourth-order valence-electron chi connectivity index (χ4n) is 2.58. The largest absolute Gasteiger partial charge is 0.489 e. The number of nitrogens with zero attached hydrogens (tertiary/aromatic N) is 1. The average Bonchev–Trinajstić information content (AvgIpc) is 2.46. The molecule has 1 aliphatic rings. The second-order valence-electron chi connectivity index (χ2n) is 4.91. The number of likely N-dealkylation sites (N-methyl/N-ethyl adjacent to an activating group) is 1. The molecule has 0 aromatic heterocycles. The van der Waals surface area contributed by atoms with E-state index in [4.69, 9.17) is 4.74 Å². The second-order valence-corrected chi connectivity index (χ2v) is 4.91. The molecule has 2 rings (SSSR count). The lowest BCUT2D eigenvalue weighted by molar-refractivity contribution is 0.143. The molecule has 0 aliphatic carbocycles. The molecule has 1 heterocycles. The predicted octanol–water partition coefficient (Wildman–Crippen LogP) is 2.28. The maximum atomic E-state index is 13.4. The van der Waals surface area contributed by atoms with E-state index in [9.17, 15) is 4.39 Å². The van der Waals surface area contributed by atoms with Crippen LogP contribution in [0.4, 0.5) is 4.39 Å². The van der Waals surface area contributed by atoms with Crippen LogP contribution >= 0.6 is 0 Å². The summed E-state index contributed by atoms with van der Waals surface area (Å²) in [5, 5.41) is 3.42. The normalized spacial score (nSPS) is 19.6. The number of hydrogen-bond acceptors (Lipinski definition) is 3. The summed E-state index contributed by atoms with van der Waals surface area (Å²) >= 11 is 0. The van der Waals surface area contributed by atoms with Crippen LogP contribution in [0.3, 0.4) is 0 Å². The Balaban J connectivity index is 1.78. The fourth-order valence-corrected chi connectivity index (χ4v) is 2.58. The van der Waals surface area contributed by atoms with E-state index >= 15 is 0 Å². The molecule has 1 saturated heterocycles. The van der Waals surface area contributed by atoms with Gasteiger partial charge in [-0.1, -0.05) is 19.1 Å². The quantitative estimate of drug-likeness (QED) is 0.855. The molecule has 3 nitrogen and oxygen atoms in total. The molecular weight excluding hydrogens is 243 g/mol. The third-order valence-electron chi connectivity index (χ3n) is 3.67. The van der Waals surface area contributed by atoms with Crippen LogP contribution in [-0.2, 0) is 0 Å². The van der Waals surface area contributed by atoms with Gasteiger partial charge in [-0.2, -0.15) is 0 Å². The molecule has 0 bridgehead atoms. The lowest BCUT2D eigenvalue weighted by atomic mass is 10.1. The number of rotatable bonds is 6. The third kappa shape index (κ3) is 4.18. The summed E-state index contributed by atoms with van der Waals surface area (Å²) in [5.74, 6) is 0.0604. The Hall–Kier alpha value is -1.13. The third-order valence-corrected chi connectivity index (χ3v) is 3.67. The zero-order valence-corrected chi connectivity index (χ0v) is 11.6. The summed E-state index contributed by atoms with van der Waals surface area (Å²) in [4.78, 5) is 2.41. The summed E-state index contributed by atoms with van der Waals surface area (Å²) < 4.78 is 18.9. The van der Waals surface area contributed by atoms with E-state index in [2.05, 4.69) is 17.1 Å². The maximum Gasteiger partial charge on any atom is 0.165 e. The molecule has 106 valence electrons. The molecule has 1 aliphatic heterocycles. The number of hydrogen-bond donors (Lipinski definition) is 1. The van der Waals surface area contributed by atoms with Gasteiger partial charge < -0.3 is 10.1 Å². The van der Waals surface area contributed by atoms with Gasteiger partial charge in [0, 0.05) is 19.1 Å². The van der Waals surface area contributed by atoms with E-state index in [1.165, 1.54) is 18.9 Å². The van der Waals surface area contributed by atoms with Crippen molar-refractivity contribution in [1.82, 2.24) is 10.2 Å². The molecule has 0 amide bonds. The van der Waals surface area contributed by atoms with Gasteiger partial charge in [-0.25, -0.2) is 4.39 Å². The summed E-state index contributed by atoms with van der Waals surface area (Å²) in [6.45, 7) is 6.72. The van der Waals surface area contributed by atoms with Gasteiger partial charge in [0.25, 0.3) is 0 Å². The van der Waals surface area contributed by atoms with Gasteiger partial charge in [0.05, 0.1) is 0 Å². The van der Waals surface area contributed by atoms with Crippen molar-refractivity contribution in [3.05, 3.63) is 30.1 Å². The zero-order valence-electron chi connectivity index (χ0n) is 11.6. The van der Waals surface area contributed by atoms with Gasteiger partial charge in [0.2, 0.25) is 0 Å². The van der Waals surface area contributed by atoms with Gasteiger partial charge in [0.1, 0.15) is 6.61 Å². The number of benzene rings is 1. The molecule has 1 atom stereocenters. The van der Waals surface area contributed by atoms with Crippen LogP contribution < -0.4 is 10.1 Å². The van der Waals surface area contributed by atoms with E-state index in [1.807, 2.05) is 0 Å². The first-order valence-electron chi connectivity index (χ1n) is 7.13. The van der Waals surface area contributed by atoms with Crippen LogP contribution in [0.1, 0.15) is 19.8 Å². The van der Waals surface area contributed by atoms with Crippen LogP contribution in [0.15, 0.2) is 24.3 Å². The summed E-state index contributed by atoms with van der Waals surface area (Å²) in [6.07, 6.45) is 2.47. The Labute approximate surface area is 114 Å². The van der Waals surface area contributed by atoms with E-state index in [1.54, 1.807) is 18.2 Å². The first-order chi connectivity index (χ1) is 9.31. The molecule has 1 aromatic rings. The highest BCUT2D eigenvalue weighted by molar-refractivity contribution is 5.23. The summed E-state index contributed by atoms with van der Waals surface area (Å²) in [5.41, 5.74) is 0. The molecular formula is C15H23FN2O.